The van der Waals surface area contributed by atoms with E-state index >= 15 is 0 Å². The van der Waals surface area contributed by atoms with Crippen LogP contribution in [0.25, 0.3) is 0 Å². The highest BCUT2D eigenvalue weighted by Gasteiger charge is 2.30. The number of amides is 2. The molecule has 1 aliphatic heterocycles. The Bertz CT molecular complexity index is 700. The fourth-order valence-electron chi connectivity index (χ4n) is 3.79. The van der Waals surface area contributed by atoms with E-state index < -0.39 is 0 Å². The van der Waals surface area contributed by atoms with Gasteiger partial charge in [-0.05, 0) is 44.5 Å². The third-order valence-electron chi connectivity index (χ3n) is 5.17. The molecule has 2 rings (SSSR count). The normalized spacial score (nSPS) is 15.3. The summed E-state index contributed by atoms with van der Waals surface area (Å²) in [6, 6.07) is 3.45. The smallest absolute Gasteiger partial charge is 0.259 e. The lowest BCUT2D eigenvalue weighted by atomic mass is 9.91. The Kier molecular flexibility index (Phi) is 9.05. The largest absolute Gasteiger partial charge is 0.475 e. The summed E-state index contributed by atoms with van der Waals surface area (Å²) >= 11 is 0. The van der Waals surface area contributed by atoms with E-state index in [0.717, 1.165) is 6.54 Å². The number of piperidine rings is 1. The SMILES string of the molecule is COCCOc1ncccc1C(=O)N1CCC(C(=O)NCC(C)(C)CN(C)C)CC1. The van der Waals surface area contributed by atoms with Gasteiger partial charge in [0.05, 0.1) is 6.61 Å². The Morgan fingerprint density at radius 2 is 1.97 bits per heavy atom. The van der Waals surface area contributed by atoms with Gasteiger partial charge in [-0.25, -0.2) is 4.98 Å². The Labute approximate surface area is 179 Å². The van der Waals surface area contributed by atoms with Crippen LogP contribution in [0.4, 0.5) is 0 Å². The fraction of sp³-hybridized carbons (Fsp3) is 0.682. The number of rotatable bonds is 10. The second-order valence-corrected chi connectivity index (χ2v) is 8.88. The van der Waals surface area contributed by atoms with Gasteiger partial charge in [-0.3, -0.25) is 9.59 Å². The topological polar surface area (TPSA) is 84.0 Å². The molecule has 0 spiro atoms. The molecule has 30 heavy (non-hydrogen) atoms. The van der Waals surface area contributed by atoms with Gasteiger partial charge in [0.1, 0.15) is 12.2 Å². The molecular formula is C22H36N4O4. The highest BCUT2D eigenvalue weighted by Crippen LogP contribution is 2.23. The second-order valence-electron chi connectivity index (χ2n) is 8.88. The minimum Gasteiger partial charge on any atom is -0.475 e. The van der Waals surface area contributed by atoms with E-state index in [1.807, 2.05) is 14.1 Å². The van der Waals surface area contributed by atoms with Crippen LogP contribution in [0.1, 0.15) is 37.0 Å². The standard InChI is InChI=1S/C22H36N4O4/c1-22(2,16-25(3)4)15-24-19(27)17-8-11-26(12-9-17)21(28)18-7-6-10-23-20(18)30-14-13-29-5/h6-7,10,17H,8-9,11-16H2,1-5H3,(H,24,27). The van der Waals surface area contributed by atoms with Crippen LogP contribution in [-0.4, -0.2) is 87.2 Å². The predicted octanol–water partition coefficient (Wildman–Crippen LogP) is 1.66. The maximum Gasteiger partial charge on any atom is 0.259 e. The van der Waals surface area contributed by atoms with E-state index in [9.17, 15) is 9.59 Å². The zero-order valence-corrected chi connectivity index (χ0v) is 18.9. The van der Waals surface area contributed by atoms with E-state index in [1.54, 1.807) is 30.3 Å². The van der Waals surface area contributed by atoms with Crippen molar-refractivity contribution in [3.63, 3.8) is 0 Å². The van der Waals surface area contributed by atoms with Crippen molar-refractivity contribution in [2.75, 3.05) is 60.6 Å². The lowest BCUT2D eigenvalue weighted by molar-refractivity contribution is -0.126. The van der Waals surface area contributed by atoms with Gasteiger partial charge < -0.3 is 24.6 Å². The molecule has 8 nitrogen and oxygen atoms in total. The van der Waals surface area contributed by atoms with Crippen LogP contribution >= 0.6 is 0 Å². The van der Waals surface area contributed by atoms with Crippen molar-refractivity contribution in [2.24, 2.45) is 11.3 Å². The van der Waals surface area contributed by atoms with Gasteiger partial charge in [0.2, 0.25) is 11.8 Å². The molecule has 0 atom stereocenters. The number of pyridine rings is 1. The molecule has 0 radical (unpaired) electrons. The van der Waals surface area contributed by atoms with Crippen LogP contribution in [0.2, 0.25) is 0 Å². The molecule has 0 aromatic carbocycles. The van der Waals surface area contributed by atoms with Gasteiger partial charge in [-0.1, -0.05) is 13.8 Å². The van der Waals surface area contributed by atoms with Gasteiger partial charge in [-0.15, -0.1) is 0 Å². The summed E-state index contributed by atoms with van der Waals surface area (Å²) in [6.45, 7) is 7.69. The number of nitrogens with one attached hydrogen (secondary N) is 1. The number of carbonyl (C=O) groups is 2. The first-order valence-electron chi connectivity index (χ1n) is 10.5. The number of methoxy groups -OCH3 is 1. The number of nitrogens with zero attached hydrogens (tertiary/aromatic N) is 3. The summed E-state index contributed by atoms with van der Waals surface area (Å²) in [7, 11) is 5.66. The molecule has 0 unspecified atom stereocenters. The third-order valence-corrected chi connectivity index (χ3v) is 5.17. The van der Waals surface area contributed by atoms with Gasteiger partial charge in [0.15, 0.2) is 0 Å². The van der Waals surface area contributed by atoms with E-state index in [2.05, 4.69) is 29.0 Å². The maximum absolute atomic E-state index is 13.0. The highest BCUT2D eigenvalue weighted by molar-refractivity contribution is 5.96. The van der Waals surface area contributed by atoms with Crippen LogP contribution < -0.4 is 10.1 Å². The van der Waals surface area contributed by atoms with E-state index in [-0.39, 0.29) is 23.1 Å². The summed E-state index contributed by atoms with van der Waals surface area (Å²) in [6.07, 6.45) is 2.92. The summed E-state index contributed by atoms with van der Waals surface area (Å²) in [5.74, 6) is 0.235. The molecule has 1 saturated heterocycles. The predicted molar refractivity (Wildman–Crippen MR) is 116 cm³/mol. The molecular weight excluding hydrogens is 384 g/mol. The number of ether oxygens (including phenoxy) is 2. The van der Waals surface area contributed by atoms with Crippen LogP contribution in [-0.2, 0) is 9.53 Å². The van der Waals surface area contributed by atoms with Gasteiger partial charge >= 0.3 is 0 Å². The molecule has 1 aliphatic rings. The van der Waals surface area contributed by atoms with Crippen molar-refractivity contribution in [1.29, 1.82) is 0 Å². The van der Waals surface area contributed by atoms with Crippen LogP contribution in [0.15, 0.2) is 18.3 Å². The quantitative estimate of drug-likeness (QED) is 0.580. The second kappa shape index (κ2) is 11.3. The zero-order chi connectivity index (χ0) is 22.1. The number of carbonyl (C=O) groups excluding carboxylic acids is 2. The Balaban J connectivity index is 1.87. The lowest BCUT2D eigenvalue weighted by Gasteiger charge is -2.33. The van der Waals surface area contributed by atoms with Crippen molar-refractivity contribution >= 4 is 11.8 Å². The van der Waals surface area contributed by atoms with E-state index in [1.165, 1.54) is 0 Å². The summed E-state index contributed by atoms with van der Waals surface area (Å²) in [5.41, 5.74) is 0.456. The average molecular weight is 421 g/mol. The molecule has 0 bridgehead atoms. The van der Waals surface area contributed by atoms with Crippen molar-refractivity contribution in [3.8, 4) is 5.88 Å². The van der Waals surface area contributed by atoms with Crippen molar-refractivity contribution in [2.45, 2.75) is 26.7 Å². The molecule has 1 aromatic rings. The van der Waals surface area contributed by atoms with Gasteiger partial charge in [0, 0.05) is 45.4 Å². The van der Waals surface area contributed by atoms with Crippen molar-refractivity contribution < 1.29 is 19.1 Å². The summed E-state index contributed by atoms with van der Waals surface area (Å²) < 4.78 is 10.6. The molecule has 168 valence electrons. The number of hydrogen-bond acceptors (Lipinski definition) is 6. The Morgan fingerprint density at radius 1 is 1.27 bits per heavy atom. The number of aromatic nitrogens is 1. The Hall–Kier alpha value is -2.19. The minimum absolute atomic E-state index is 0.00928. The Morgan fingerprint density at radius 3 is 2.60 bits per heavy atom. The summed E-state index contributed by atoms with van der Waals surface area (Å²) in [5, 5.41) is 3.10. The molecule has 1 fully saturated rings. The molecule has 0 aliphatic carbocycles. The third kappa shape index (κ3) is 7.25. The van der Waals surface area contributed by atoms with E-state index in [4.69, 9.17) is 9.47 Å². The van der Waals surface area contributed by atoms with Crippen molar-refractivity contribution in [3.05, 3.63) is 23.9 Å². The van der Waals surface area contributed by atoms with Gasteiger partial charge in [-0.2, -0.15) is 0 Å². The van der Waals surface area contributed by atoms with Crippen LogP contribution in [0.3, 0.4) is 0 Å². The lowest BCUT2D eigenvalue weighted by Crippen LogP contribution is -2.46. The summed E-state index contributed by atoms with van der Waals surface area (Å²) in [4.78, 5) is 33.7. The average Bonchev–Trinajstić information content (AvgIpc) is 2.71. The monoisotopic (exact) mass is 420 g/mol. The first-order chi connectivity index (χ1) is 14.2. The number of likely N-dealkylation sites (tertiary alicyclic amines) is 1. The first kappa shape index (κ1) is 24.1. The van der Waals surface area contributed by atoms with Crippen molar-refractivity contribution in [1.82, 2.24) is 20.1 Å². The molecule has 2 amide bonds. The highest BCUT2D eigenvalue weighted by atomic mass is 16.5. The molecule has 8 heteroatoms. The van der Waals surface area contributed by atoms with E-state index in [0.29, 0.717) is 57.1 Å². The zero-order valence-electron chi connectivity index (χ0n) is 18.9. The maximum atomic E-state index is 13.0. The fourth-order valence-corrected chi connectivity index (χ4v) is 3.79. The van der Waals surface area contributed by atoms with Crippen LogP contribution in [0, 0.1) is 11.3 Å². The molecule has 1 N–H and O–H groups in total. The molecule has 2 heterocycles. The molecule has 0 saturated carbocycles. The number of hydrogen-bond donors (Lipinski definition) is 1. The molecule has 1 aromatic heterocycles. The van der Waals surface area contributed by atoms with Crippen LogP contribution in [0.5, 0.6) is 5.88 Å². The minimum atomic E-state index is -0.110. The first-order valence-corrected chi connectivity index (χ1v) is 10.5. The van der Waals surface area contributed by atoms with Gasteiger partial charge in [0.25, 0.3) is 5.91 Å².